The summed E-state index contributed by atoms with van der Waals surface area (Å²) >= 11 is 0. The lowest BCUT2D eigenvalue weighted by atomic mass is 9.96. The summed E-state index contributed by atoms with van der Waals surface area (Å²) in [4.78, 5) is 14.2. The first-order valence-corrected chi connectivity index (χ1v) is 10.0. The Labute approximate surface area is 151 Å². The number of carbonyl (C=O) groups is 1. The van der Waals surface area contributed by atoms with E-state index in [1.165, 1.54) is 19.1 Å². The molecule has 1 atom stereocenters. The lowest BCUT2D eigenvalue weighted by Gasteiger charge is -2.26. The van der Waals surface area contributed by atoms with E-state index in [1.54, 1.807) is 17.0 Å². The second kappa shape index (κ2) is 5.81. The zero-order valence-corrected chi connectivity index (χ0v) is 15.4. The van der Waals surface area contributed by atoms with Crippen molar-refractivity contribution in [1.82, 2.24) is 0 Å². The number of aryl methyl sites for hydroxylation is 2. The number of rotatable bonds is 3. The number of nitrogens with one attached hydrogen (secondary N) is 1. The average Bonchev–Trinajstić information content (AvgIpc) is 2.83. The van der Waals surface area contributed by atoms with Crippen LogP contribution in [0.4, 0.5) is 15.8 Å². The molecule has 0 spiro atoms. The Hall–Kier alpha value is -2.41. The van der Waals surface area contributed by atoms with Gasteiger partial charge in [0.25, 0.3) is 10.0 Å². The van der Waals surface area contributed by atoms with Gasteiger partial charge in [0.2, 0.25) is 5.91 Å². The zero-order chi connectivity index (χ0) is 18.6. The van der Waals surface area contributed by atoms with Gasteiger partial charge >= 0.3 is 0 Å². The third kappa shape index (κ3) is 2.58. The molecule has 0 fully saturated rings. The van der Waals surface area contributed by atoms with Crippen LogP contribution in [0.1, 0.15) is 36.0 Å². The van der Waals surface area contributed by atoms with Crippen LogP contribution in [-0.2, 0) is 21.2 Å². The van der Waals surface area contributed by atoms with Crippen molar-refractivity contribution in [2.24, 2.45) is 0 Å². The molecule has 2 aromatic rings. The molecule has 0 aliphatic carbocycles. The van der Waals surface area contributed by atoms with Gasteiger partial charge < -0.3 is 4.90 Å². The molecule has 2 heterocycles. The molecule has 136 valence electrons. The predicted molar refractivity (Wildman–Crippen MR) is 97.5 cm³/mol. The largest absolute Gasteiger partial charge is 0.311 e. The third-order valence-electron chi connectivity index (χ3n) is 5.11. The molecular weight excluding hydrogens is 355 g/mol. The van der Waals surface area contributed by atoms with Crippen LogP contribution in [0.2, 0.25) is 0 Å². The van der Waals surface area contributed by atoms with Crippen molar-refractivity contribution in [2.45, 2.75) is 37.5 Å². The van der Waals surface area contributed by atoms with Crippen molar-refractivity contribution >= 4 is 27.3 Å². The summed E-state index contributed by atoms with van der Waals surface area (Å²) in [5.74, 6) is -0.659. The molecule has 2 aliphatic heterocycles. The van der Waals surface area contributed by atoms with Crippen LogP contribution >= 0.6 is 0 Å². The van der Waals surface area contributed by atoms with Crippen molar-refractivity contribution < 1.29 is 17.6 Å². The number of nitrogens with zero attached hydrogens (tertiary/aromatic N) is 1. The number of benzene rings is 2. The molecule has 0 saturated heterocycles. The van der Waals surface area contributed by atoms with Gasteiger partial charge in [0.05, 0.1) is 16.5 Å². The van der Waals surface area contributed by atoms with E-state index in [4.69, 9.17) is 0 Å². The molecule has 0 radical (unpaired) electrons. The first-order valence-electron chi connectivity index (χ1n) is 8.55. The Morgan fingerprint density at radius 3 is 2.73 bits per heavy atom. The lowest BCUT2D eigenvalue weighted by molar-refractivity contribution is -0.119. The van der Waals surface area contributed by atoms with Gasteiger partial charge in [-0.1, -0.05) is 0 Å². The smallest absolute Gasteiger partial charge is 0.261 e. The second-order valence-electron chi connectivity index (χ2n) is 6.90. The molecule has 7 heteroatoms. The highest BCUT2D eigenvalue weighted by atomic mass is 32.2. The standard InChI is InChI=1S/C19H19FN2O3S/c1-11-8-15(5-6-17(11)20)26(24,25)21-14-9-13-4-3-7-22-18(13)16(10-14)12(2)19(22)23/h5-6,8-10,12,21H,3-4,7H2,1-2H3/t12-/m0/s1. The van der Waals surface area contributed by atoms with Gasteiger partial charge in [-0.25, -0.2) is 12.8 Å². The molecule has 26 heavy (non-hydrogen) atoms. The van der Waals surface area contributed by atoms with Crippen LogP contribution in [0, 0.1) is 12.7 Å². The summed E-state index contributed by atoms with van der Waals surface area (Å²) in [5, 5.41) is 0. The summed E-state index contributed by atoms with van der Waals surface area (Å²) < 4.78 is 41.4. The van der Waals surface area contributed by atoms with Crippen LogP contribution in [0.15, 0.2) is 35.2 Å². The number of anilines is 2. The molecule has 0 saturated carbocycles. The number of halogens is 1. The topological polar surface area (TPSA) is 66.5 Å². The van der Waals surface area contributed by atoms with Crippen molar-refractivity contribution in [1.29, 1.82) is 0 Å². The fourth-order valence-electron chi connectivity index (χ4n) is 3.75. The lowest BCUT2D eigenvalue weighted by Crippen LogP contribution is -2.32. The second-order valence-corrected chi connectivity index (χ2v) is 8.59. The van der Waals surface area contributed by atoms with Crippen LogP contribution in [0.5, 0.6) is 0 Å². The van der Waals surface area contributed by atoms with E-state index in [1.807, 2.05) is 6.92 Å². The Morgan fingerprint density at radius 2 is 2.00 bits per heavy atom. The molecule has 0 bridgehead atoms. The molecule has 0 unspecified atom stereocenters. The van der Waals surface area contributed by atoms with E-state index in [9.17, 15) is 17.6 Å². The summed E-state index contributed by atoms with van der Waals surface area (Å²) in [5.41, 5.74) is 3.49. The maximum absolute atomic E-state index is 13.4. The van der Waals surface area contributed by atoms with Gasteiger partial charge in [-0.2, -0.15) is 0 Å². The highest BCUT2D eigenvalue weighted by Crippen LogP contribution is 2.44. The summed E-state index contributed by atoms with van der Waals surface area (Å²) in [6.07, 6.45) is 1.67. The highest BCUT2D eigenvalue weighted by molar-refractivity contribution is 7.92. The van der Waals surface area contributed by atoms with Gasteiger partial charge in [0, 0.05) is 12.2 Å². The van der Waals surface area contributed by atoms with E-state index >= 15 is 0 Å². The van der Waals surface area contributed by atoms with Crippen LogP contribution in [-0.4, -0.2) is 20.9 Å². The van der Waals surface area contributed by atoms with Gasteiger partial charge in [0.15, 0.2) is 0 Å². The Kier molecular flexibility index (Phi) is 3.80. The van der Waals surface area contributed by atoms with Crippen LogP contribution in [0.3, 0.4) is 0 Å². The van der Waals surface area contributed by atoms with Crippen molar-refractivity contribution in [3.8, 4) is 0 Å². The molecule has 1 N–H and O–H groups in total. The number of sulfonamides is 1. The first-order chi connectivity index (χ1) is 12.3. The Balaban J connectivity index is 1.74. The highest BCUT2D eigenvalue weighted by Gasteiger charge is 2.38. The normalized spacial score (nSPS) is 18.8. The van der Waals surface area contributed by atoms with Crippen LogP contribution in [0.25, 0.3) is 0 Å². The Morgan fingerprint density at radius 1 is 1.23 bits per heavy atom. The van der Waals surface area contributed by atoms with Gasteiger partial charge in [-0.15, -0.1) is 0 Å². The maximum atomic E-state index is 13.4. The van der Waals surface area contributed by atoms with Gasteiger partial charge in [-0.05, 0) is 73.7 Å². The summed E-state index contributed by atoms with van der Waals surface area (Å²) in [6.45, 7) is 4.08. The molecule has 0 aromatic heterocycles. The van der Waals surface area contributed by atoms with Crippen molar-refractivity contribution in [2.75, 3.05) is 16.2 Å². The maximum Gasteiger partial charge on any atom is 0.261 e. The fraction of sp³-hybridized carbons (Fsp3) is 0.316. The SMILES string of the molecule is Cc1cc(S(=O)(=O)Nc2cc3c4c(c2)[C@H](C)C(=O)N4CCC3)ccc1F. The number of amides is 1. The van der Waals surface area contributed by atoms with E-state index in [2.05, 4.69) is 4.72 Å². The van der Waals surface area contributed by atoms with Crippen molar-refractivity contribution in [3.05, 3.63) is 52.8 Å². The number of hydrogen-bond donors (Lipinski definition) is 1. The predicted octanol–water partition coefficient (Wildman–Crippen LogP) is 3.33. The third-order valence-corrected chi connectivity index (χ3v) is 6.49. The van der Waals surface area contributed by atoms with Gasteiger partial charge in [-0.3, -0.25) is 9.52 Å². The monoisotopic (exact) mass is 374 g/mol. The quantitative estimate of drug-likeness (QED) is 0.896. The van der Waals surface area contributed by atoms with E-state index in [0.717, 1.165) is 35.7 Å². The number of carbonyl (C=O) groups excluding carboxylic acids is 1. The summed E-state index contributed by atoms with van der Waals surface area (Å²) in [7, 11) is -3.84. The molecule has 1 amide bonds. The minimum Gasteiger partial charge on any atom is -0.311 e. The molecule has 2 aromatic carbocycles. The summed E-state index contributed by atoms with van der Waals surface area (Å²) in [6, 6.07) is 7.23. The molecule has 4 rings (SSSR count). The minimum absolute atomic E-state index is 0.0105. The van der Waals surface area contributed by atoms with E-state index in [-0.39, 0.29) is 22.3 Å². The van der Waals surface area contributed by atoms with E-state index in [0.29, 0.717) is 12.2 Å². The van der Waals surface area contributed by atoms with Gasteiger partial charge in [0.1, 0.15) is 5.82 Å². The number of hydrogen-bond acceptors (Lipinski definition) is 3. The van der Waals surface area contributed by atoms with Crippen LogP contribution < -0.4 is 9.62 Å². The minimum atomic E-state index is -3.84. The zero-order valence-electron chi connectivity index (χ0n) is 14.5. The first kappa shape index (κ1) is 17.0. The molecular formula is C19H19FN2O3S. The molecule has 2 aliphatic rings. The van der Waals surface area contributed by atoms with E-state index < -0.39 is 15.8 Å². The average molecular weight is 374 g/mol. The van der Waals surface area contributed by atoms with Crippen molar-refractivity contribution in [3.63, 3.8) is 0 Å². The fourth-order valence-corrected chi connectivity index (χ4v) is 4.88. The Bertz CT molecular complexity index is 1030. The molecule has 5 nitrogen and oxygen atoms in total.